The fourth-order valence-corrected chi connectivity index (χ4v) is 3.57. The van der Waals surface area contributed by atoms with E-state index in [-0.39, 0.29) is 5.04 Å². The van der Waals surface area contributed by atoms with E-state index in [0.29, 0.717) is 6.61 Å². The molecular weight excluding hydrogens is 340 g/mol. The van der Waals surface area contributed by atoms with Gasteiger partial charge in [0, 0.05) is 0 Å². The van der Waals surface area contributed by atoms with Gasteiger partial charge in [-0.1, -0.05) is 51.1 Å². The van der Waals surface area contributed by atoms with Crippen molar-refractivity contribution in [3.05, 3.63) is 64.7 Å². The van der Waals surface area contributed by atoms with Crippen LogP contribution in [0.15, 0.2) is 42.5 Å². The van der Waals surface area contributed by atoms with E-state index in [2.05, 4.69) is 46.0 Å². The van der Waals surface area contributed by atoms with Crippen LogP contribution < -0.4 is 4.74 Å². The number of benzene rings is 2. The Morgan fingerprint density at radius 2 is 1.77 bits per heavy atom. The first-order valence-corrected chi connectivity index (χ1v) is 12.0. The molecule has 2 aromatic carbocycles. The van der Waals surface area contributed by atoms with Crippen molar-refractivity contribution in [3.8, 4) is 5.75 Å². The predicted molar refractivity (Wildman–Crippen MR) is 110 cm³/mol. The highest BCUT2D eigenvalue weighted by molar-refractivity contribution is 6.74. The first kappa shape index (κ1) is 20.7. The zero-order chi connectivity index (χ0) is 19.5. The summed E-state index contributed by atoms with van der Waals surface area (Å²) in [7, 11) is -0.134. The zero-order valence-electron chi connectivity index (χ0n) is 17.1. The quantitative estimate of drug-likeness (QED) is 0.670. The van der Waals surface area contributed by atoms with Gasteiger partial charge in [0.1, 0.15) is 11.9 Å². The molecule has 0 aliphatic heterocycles. The van der Waals surface area contributed by atoms with Gasteiger partial charge in [-0.2, -0.15) is 0 Å². The van der Waals surface area contributed by atoms with Gasteiger partial charge >= 0.3 is 0 Å². The van der Waals surface area contributed by atoms with Crippen molar-refractivity contribution in [1.82, 2.24) is 0 Å². The van der Waals surface area contributed by atoms with Gasteiger partial charge in [0.15, 0.2) is 8.32 Å². The summed E-state index contributed by atoms with van der Waals surface area (Å²) in [5.41, 5.74) is 3.96. The van der Waals surface area contributed by atoms with Gasteiger partial charge in [0.05, 0.1) is 13.7 Å². The van der Waals surface area contributed by atoms with Crippen molar-refractivity contribution in [2.75, 3.05) is 7.11 Å². The number of methoxy groups -OCH3 is 1. The molecule has 26 heavy (non-hydrogen) atoms. The summed E-state index contributed by atoms with van der Waals surface area (Å²) in [6.07, 6.45) is -0.666. The Hall–Kier alpha value is -1.62. The van der Waals surface area contributed by atoms with E-state index in [9.17, 15) is 5.11 Å². The van der Waals surface area contributed by atoms with Crippen LogP contribution >= 0.6 is 0 Å². The van der Waals surface area contributed by atoms with E-state index in [4.69, 9.17) is 9.16 Å². The van der Waals surface area contributed by atoms with E-state index in [1.54, 1.807) is 7.11 Å². The molecule has 4 heteroatoms. The number of ether oxygens (including phenoxy) is 1. The number of rotatable bonds is 6. The maximum atomic E-state index is 10.8. The SMILES string of the molecule is COc1cccc(C(O)c2ccc(CO[Si](C)(C)C(C)(C)C)cc2C)c1. The molecule has 0 spiro atoms. The van der Waals surface area contributed by atoms with Gasteiger partial charge in [0.25, 0.3) is 0 Å². The molecule has 0 aliphatic carbocycles. The lowest BCUT2D eigenvalue weighted by Gasteiger charge is -2.36. The van der Waals surface area contributed by atoms with Gasteiger partial charge in [-0.05, 0) is 59.4 Å². The Morgan fingerprint density at radius 3 is 2.35 bits per heavy atom. The van der Waals surface area contributed by atoms with Crippen LogP contribution in [0.1, 0.15) is 49.1 Å². The largest absolute Gasteiger partial charge is 0.497 e. The van der Waals surface area contributed by atoms with E-state index in [1.165, 1.54) is 0 Å². The minimum Gasteiger partial charge on any atom is -0.497 e. The summed E-state index contributed by atoms with van der Waals surface area (Å²) in [5.74, 6) is 0.749. The van der Waals surface area contributed by atoms with Crippen LogP contribution in [0, 0.1) is 6.92 Å². The van der Waals surface area contributed by atoms with Crippen molar-refractivity contribution in [3.63, 3.8) is 0 Å². The van der Waals surface area contributed by atoms with E-state index in [0.717, 1.165) is 28.0 Å². The van der Waals surface area contributed by atoms with Crippen molar-refractivity contribution >= 4 is 8.32 Å². The lowest BCUT2D eigenvalue weighted by atomic mass is 9.96. The monoisotopic (exact) mass is 372 g/mol. The highest BCUT2D eigenvalue weighted by Gasteiger charge is 2.37. The van der Waals surface area contributed by atoms with Crippen molar-refractivity contribution in [2.24, 2.45) is 0 Å². The molecule has 1 N–H and O–H groups in total. The smallest absolute Gasteiger partial charge is 0.192 e. The van der Waals surface area contributed by atoms with E-state index >= 15 is 0 Å². The molecular formula is C22H32O3Si. The van der Waals surface area contributed by atoms with Crippen LogP contribution in [0.2, 0.25) is 18.1 Å². The molecule has 0 aromatic heterocycles. The third-order valence-corrected chi connectivity index (χ3v) is 9.92. The molecule has 2 rings (SSSR count). The second-order valence-corrected chi connectivity index (χ2v) is 13.2. The van der Waals surface area contributed by atoms with Gasteiger partial charge in [0.2, 0.25) is 0 Å². The van der Waals surface area contributed by atoms with Gasteiger partial charge < -0.3 is 14.3 Å². The van der Waals surface area contributed by atoms with Gasteiger partial charge in [-0.25, -0.2) is 0 Å². The molecule has 0 bridgehead atoms. The van der Waals surface area contributed by atoms with Crippen molar-refractivity contribution < 1.29 is 14.3 Å². The van der Waals surface area contributed by atoms with Crippen LogP contribution in [0.4, 0.5) is 0 Å². The van der Waals surface area contributed by atoms with E-state index < -0.39 is 14.4 Å². The van der Waals surface area contributed by atoms with Crippen LogP contribution in [0.25, 0.3) is 0 Å². The Balaban J connectivity index is 2.16. The summed E-state index contributed by atoms with van der Waals surface area (Å²) in [6.45, 7) is 13.9. The minimum absolute atomic E-state index is 0.199. The standard InChI is InChI=1S/C22H32O3Si/c1-16-13-17(15-25-26(6,7)22(2,3)4)11-12-20(16)21(23)18-9-8-10-19(14-18)24-5/h8-14,21,23H,15H2,1-7H3. The molecule has 2 aromatic rings. The molecule has 0 aliphatic rings. The number of aliphatic hydroxyl groups excluding tert-OH is 1. The average molecular weight is 373 g/mol. The minimum atomic E-state index is -1.77. The molecule has 0 saturated carbocycles. The number of aliphatic hydroxyl groups is 1. The topological polar surface area (TPSA) is 38.7 Å². The molecule has 1 unspecified atom stereocenters. The normalized spacial score (nSPS) is 13.5. The maximum Gasteiger partial charge on any atom is 0.192 e. The lowest BCUT2D eigenvalue weighted by molar-refractivity contribution is 0.219. The first-order chi connectivity index (χ1) is 12.0. The summed E-state index contributed by atoms with van der Waals surface area (Å²) in [6, 6.07) is 13.7. The molecule has 0 radical (unpaired) electrons. The van der Waals surface area contributed by atoms with Crippen molar-refractivity contribution in [1.29, 1.82) is 0 Å². The number of aryl methyl sites for hydroxylation is 1. The molecule has 3 nitrogen and oxygen atoms in total. The number of hydrogen-bond donors (Lipinski definition) is 1. The summed E-state index contributed by atoms with van der Waals surface area (Å²) in [4.78, 5) is 0. The van der Waals surface area contributed by atoms with Crippen molar-refractivity contribution in [2.45, 2.75) is 58.5 Å². The number of hydrogen-bond acceptors (Lipinski definition) is 3. The Kier molecular flexibility index (Phi) is 6.32. The molecule has 0 heterocycles. The van der Waals surface area contributed by atoms with Crippen LogP contribution in [-0.2, 0) is 11.0 Å². The highest BCUT2D eigenvalue weighted by Crippen LogP contribution is 2.37. The second-order valence-electron chi connectivity index (χ2n) is 8.42. The van der Waals surface area contributed by atoms with Crippen LogP contribution in [0.3, 0.4) is 0 Å². The molecule has 1 atom stereocenters. The summed E-state index contributed by atoms with van der Waals surface area (Å²) >= 11 is 0. The maximum absolute atomic E-state index is 10.8. The predicted octanol–water partition coefficient (Wildman–Crippen LogP) is 5.61. The third-order valence-electron chi connectivity index (χ3n) is 5.44. The van der Waals surface area contributed by atoms with Gasteiger partial charge in [-0.15, -0.1) is 0 Å². The Morgan fingerprint density at radius 1 is 1.08 bits per heavy atom. The Bertz CT molecular complexity index is 747. The van der Waals surface area contributed by atoms with Crippen LogP contribution in [-0.4, -0.2) is 20.5 Å². The third kappa shape index (κ3) is 4.75. The molecule has 0 fully saturated rings. The second kappa shape index (κ2) is 7.95. The molecule has 0 amide bonds. The summed E-state index contributed by atoms with van der Waals surface area (Å²) < 4.78 is 11.6. The fraction of sp³-hybridized carbons (Fsp3) is 0.455. The lowest BCUT2D eigenvalue weighted by Crippen LogP contribution is -2.40. The van der Waals surface area contributed by atoms with Crippen LogP contribution in [0.5, 0.6) is 5.75 Å². The molecule has 0 saturated heterocycles. The first-order valence-electron chi connectivity index (χ1n) is 9.10. The average Bonchev–Trinajstić information content (AvgIpc) is 2.58. The Labute approximate surface area is 159 Å². The highest BCUT2D eigenvalue weighted by atomic mass is 28.4. The zero-order valence-corrected chi connectivity index (χ0v) is 18.1. The van der Waals surface area contributed by atoms with Gasteiger partial charge in [-0.3, -0.25) is 0 Å². The fourth-order valence-electron chi connectivity index (χ4n) is 2.61. The van der Waals surface area contributed by atoms with E-state index in [1.807, 2.05) is 37.3 Å². The molecule has 142 valence electrons. The summed E-state index contributed by atoms with van der Waals surface area (Å²) in [5, 5.41) is 11.0.